The standard InChI is InChI=1S/C20H21N3O2/c1-15-18(14-22-23(15)17-10-6-3-7-11-17)20(25)21-13-12-19(24)16-8-4-2-5-9-16/h2-11,14,19,24H,12-13H2,1H3,(H,21,25). The molecule has 0 spiro atoms. The molecular formula is C20H21N3O2. The molecule has 3 rings (SSSR count). The molecule has 0 aliphatic heterocycles. The Bertz CT molecular complexity index is 829. The molecule has 0 aliphatic rings. The quantitative estimate of drug-likeness (QED) is 0.727. The number of nitrogens with zero attached hydrogens (tertiary/aromatic N) is 2. The second-order valence-corrected chi connectivity index (χ2v) is 5.86. The third-order valence-corrected chi connectivity index (χ3v) is 4.14. The van der Waals surface area contributed by atoms with Crippen LogP contribution in [0.4, 0.5) is 0 Å². The van der Waals surface area contributed by atoms with E-state index in [2.05, 4.69) is 10.4 Å². The Morgan fingerprint density at radius 2 is 1.76 bits per heavy atom. The first-order valence-electron chi connectivity index (χ1n) is 8.28. The van der Waals surface area contributed by atoms with E-state index in [1.54, 1.807) is 10.9 Å². The van der Waals surface area contributed by atoms with Crippen LogP contribution < -0.4 is 5.32 Å². The minimum Gasteiger partial charge on any atom is -0.388 e. The van der Waals surface area contributed by atoms with E-state index < -0.39 is 6.10 Å². The van der Waals surface area contributed by atoms with Crippen LogP contribution in [0.15, 0.2) is 66.9 Å². The number of benzene rings is 2. The average molecular weight is 335 g/mol. The monoisotopic (exact) mass is 335 g/mol. The summed E-state index contributed by atoms with van der Waals surface area (Å²) in [4.78, 5) is 12.4. The van der Waals surface area contributed by atoms with Gasteiger partial charge in [-0.15, -0.1) is 0 Å². The number of aliphatic hydroxyl groups is 1. The summed E-state index contributed by atoms with van der Waals surface area (Å²) >= 11 is 0. The summed E-state index contributed by atoms with van der Waals surface area (Å²) in [5.74, 6) is -0.181. The van der Waals surface area contributed by atoms with E-state index in [0.717, 1.165) is 16.9 Å². The van der Waals surface area contributed by atoms with Crippen molar-refractivity contribution in [3.63, 3.8) is 0 Å². The molecule has 2 N–H and O–H groups in total. The van der Waals surface area contributed by atoms with Gasteiger partial charge in [-0.2, -0.15) is 5.10 Å². The van der Waals surface area contributed by atoms with E-state index in [0.29, 0.717) is 18.5 Å². The molecule has 1 unspecified atom stereocenters. The number of carbonyl (C=O) groups excluding carboxylic acids is 1. The Balaban J connectivity index is 1.60. The summed E-state index contributed by atoms with van der Waals surface area (Å²) in [6, 6.07) is 19.1. The van der Waals surface area contributed by atoms with E-state index in [1.807, 2.05) is 67.6 Å². The van der Waals surface area contributed by atoms with Crippen LogP contribution in [0.3, 0.4) is 0 Å². The molecular weight excluding hydrogens is 314 g/mol. The minimum atomic E-state index is -0.588. The number of aromatic nitrogens is 2. The van der Waals surface area contributed by atoms with Crippen LogP contribution in [0, 0.1) is 6.92 Å². The van der Waals surface area contributed by atoms with Crippen molar-refractivity contribution >= 4 is 5.91 Å². The van der Waals surface area contributed by atoms with Gasteiger partial charge in [-0.3, -0.25) is 4.79 Å². The van der Waals surface area contributed by atoms with Gasteiger partial charge in [0.2, 0.25) is 0 Å². The maximum absolute atomic E-state index is 12.4. The number of rotatable bonds is 6. The molecule has 3 aromatic rings. The highest BCUT2D eigenvalue weighted by molar-refractivity contribution is 5.95. The summed E-state index contributed by atoms with van der Waals surface area (Å²) in [6.45, 7) is 2.26. The number of nitrogens with one attached hydrogen (secondary N) is 1. The maximum Gasteiger partial charge on any atom is 0.254 e. The molecule has 0 aliphatic carbocycles. The van der Waals surface area contributed by atoms with Gasteiger partial charge in [0.1, 0.15) is 0 Å². The summed E-state index contributed by atoms with van der Waals surface area (Å²) in [7, 11) is 0. The van der Waals surface area contributed by atoms with Gasteiger partial charge in [0.25, 0.3) is 5.91 Å². The highest BCUT2D eigenvalue weighted by atomic mass is 16.3. The molecule has 0 radical (unpaired) electrons. The number of para-hydroxylation sites is 1. The number of hydrogen-bond acceptors (Lipinski definition) is 3. The van der Waals surface area contributed by atoms with Crippen molar-refractivity contribution in [3.8, 4) is 5.69 Å². The van der Waals surface area contributed by atoms with E-state index in [-0.39, 0.29) is 5.91 Å². The van der Waals surface area contributed by atoms with Gasteiger partial charge in [-0.25, -0.2) is 4.68 Å². The second kappa shape index (κ2) is 7.77. The van der Waals surface area contributed by atoms with Crippen molar-refractivity contribution in [2.75, 3.05) is 6.54 Å². The molecule has 0 bridgehead atoms. The largest absolute Gasteiger partial charge is 0.388 e. The first kappa shape index (κ1) is 16.9. The maximum atomic E-state index is 12.4. The lowest BCUT2D eigenvalue weighted by atomic mass is 10.1. The predicted octanol–water partition coefficient (Wildman–Crippen LogP) is 3.03. The molecule has 1 amide bonds. The lowest BCUT2D eigenvalue weighted by Crippen LogP contribution is -2.26. The van der Waals surface area contributed by atoms with Gasteiger partial charge in [0.05, 0.1) is 29.2 Å². The van der Waals surface area contributed by atoms with Crippen molar-refractivity contribution in [2.45, 2.75) is 19.4 Å². The Kier molecular flexibility index (Phi) is 5.26. The fourth-order valence-electron chi connectivity index (χ4n) is 2.72. The Morgan fingerprint density at radius 1 is 1.12 bits per heavy atom. The molecule has 128 valence electrons. The van der Waals surface area contributed by atoms with Crippen molar-refractivity contribution in [1.29, 1.82) is 0 Å². The molecule has 25 heavy (non-hydrogen) atoms. The van der Waals surface area contributed by atoms with Crippen LogP contribution in [0.5, 0.6) is 0 Å². The van der Waals surface area contributed by atoms with E-state index in [4.69, 9.17) is 0 Å². The second-order valence-electron chi connectivity index (χ2n) is 5.86. The smallest absolute Gasteiger partial charge is 0.254 e. The van der Waals surface area contributed by atoms with Gasteiger partial charge >= 0.3 is 0 Å². The van der Waals surface area contributed by atoms with Gasteiger partial charge in [0.15, 0.2) is 0 Å². The molecule has 0 saturated heterocycles. The Labute approximate surface area is 146 Å². The van der Waals surface area contributed by atoms with Gasteiger partial charge in [-0.1, -0.05) is 48.5 Å². The van der Waals surface area contributed by atoms with Gasteiger partial charge in [-0.05, 0) is 31.0 Å². The number of carbonyl (C=O) groups is 1. The highest BCUT2D eigenvalue weighted by Crippen LogP contribution is 2.16. The third-order valence-electron chi connectivity index (χ3n) is 4.14. The molecule has 5 heteroatoms. The minimum absolute atomic E-state index is 0.181. The first-order valence-corrected chi connectivity index (χ1v) is 8.28. The van der Waals surface area contributed by atoms with Crippen LogP contribution in [-0.4, -0.2) is 27.3 Å². The first-order chi connectivity index (χ1) is 12.2. The van der Waals surface area contributed by atoms with Crippen molar-refractivity contribution < 1.29 is 9.90 Å². The van der Waals surface area contributed by atoms with Crippen LogP contribution in [0.2, 0.25) is 0 Å². The zero-order valence-corrected chi connectivity index (χ0v) is 14.1. The lowest BCUT2D eigenvalue weighted by molar-refractivity contribution is 0.0942. The van der Waals surface area contributed by atoms with E-state index >= 15 is 0 Å². The van der Waals surface area contributed by atoms with Crippen LogP contribution in [0.25, 0.3) is 5.69 Å². The van der Waals surface area contributed by atoms with Crippen LogP contribution in [0.1, 0.15) is 34.1 Å². The average Bonchev–Trinajstić information content (AvgIpc) is 3.04. The topological polar surface area (TPSA) is 67.2 Å². The lowest BCUT2D eigenvalue weighted by Gasteiger charge is -2.11. The highest BCUT2D eigenvalue weighted by Gasteiger charge is 2.15. The number of amides is 1. The van der Waals surface area contributed by atoms with E-state index in [9.17, 15) is 9.90 Å². The SMILES string of the molecule is Cc1c(C(=O)NCCC(O)c2ccccc2)cnn1-c1ccccc1. The van der Waals surface area contributed by atoms with Gasteiger partial charge in [0, 0.05) is 6.54 Å². The number of aliphatic hydroxyl groups excluding tert-OH is 1. The molecule has 0 saturated carbocycles. The molecule has 1 heterocycles. The molecule has 1 aromatic heterocycles. The number of hydrogen-bond donors (Lipinski definition) is 2. The molecule has 0 fully saturated rings. The summed E-state index contributed by atoms with van der Waals surface area (Å²) in [5, 5.41) is 17.3. The normalized spacial score (nSPS) is 11.9. The summed E-state index contributed by atoms with van der Waals surface area (Å²) in [6.07, 6.45) is 1.45. The zero-order valence-electron chi connectivity index (χ0n) is 14.1. The molecule has 2 aromatic carbocycles. The van der Waals surface area contributed by atoms with Gasteiger partial charge < -0.3 is 10.4 Å². The van der Waals surface area contributed by atoms with Crippen molar-refractivity contribution in [2.24, 2.45) is 0 Å². The van der Waals surface area contributed by atoms with Crippen molar-refractivity contribution in [3.05, 3.63) is 83.7 Å². The Hall–Kier alpha value is -2.92. The Morgan fingerprint density at radius 3 is 2.44 bits per heavy atom. The fourth-order valence-corrected chi connectivity index (χ4v) is 2.72. The third kappa shape index (κ3) is 3.95. The van der Waals surface area contributed by atoms with Crippen LogP contribution >= 0.6 is 0 Å². The predicted molar refractivity (Wildman–Crippen MR) is 96.7 cm³/mol. The molecule has 5 nitrogen and oxygen atoms in total. The fraction of sp³-hybridized carbons (Fsp3) is 0.200. The zero-order chi connectivity index (χ0) is 17.6. The summed E-state index contributed by atoms with van der Waals surface area (Å²) in [5.41, 5.74) is 3.09. The van der Waals surface area contributed by atoms with Crippen LogP contribution in [-0.2, 0) is 0 Å². The molecule has 1 atom stereocenters. The van der Waals surface area contributed by atoms with Crippen molar-refractivity contribution in [1.82, 2.24) is 15.1 Å². The van der Waals surface area contributed by atoms with E-state index in [1.165, 1.54) is 0 Å². The summed E-state index contributed by atoms with van der Waals surface area (Å²) < 4.78 is 1.74.